The Morgan fingerprint density at radius 1 is 1.25 bits per heavy atom. The fraction of sp³-hybridized carbons (Fsp3) is 0.714. The minimum atomic E-state index is -0.449. The summed E-state index contributed by atoms with van der Waals surface area (Å²) in [5.41, 5.74) is 5.42. The molecule has 4 N–H and O–H groups in total. The number of anilines is 2. The van der Waals surface area contributed by atoms with Gasteiger partial charge in [0.1, 0.15) is 11.5 Å². The Kier molecular flexibility index (Phi) is 4.52. The molecule has 1 aromatic rings. The van der Waals surface area contributed by atoms with Crippen molar-refractivity contribution in [2.24, 2.45) is 5.92 Å². The number of aromatic amines is 1. The molecule has 20 heavy (non-hydrogen) atoms. The van der Waals surface area contributed by atoms with Crippen LogP contribution < -0.4 is 22.3 Å². The average molecular weight is 280 g/mol. The van der Waals surface area contributed by atoms with Crippen molar-refractivity contribution in [2.45, 2.75) is 58.5 Å². The van der Waals surface area contributed by atoms with Crippen LogP contribution in [0.2, 0.25) is 0 Å². The van der Waals surface area contributed by atoms with Crippen LogP contribution in [0.1, 0.15) is 46.0 Å². The summed E-state index contributed by atoms with van der Waals surface area (Å²) in [7, 11) is 0. The molecule has 0 bridgehead atoms. The van der Waals surface area contributed by atoms with Gasteiger partial charge in [0.15, 0.2) is 0 Å². The monoisotopic (exact) mass is 280 g/mol. The normalized spacial score (nSPS) is 22.7. The number of nitrogens with one attached hydrogen (secondary N) is 2. The fourth-order valence-corrected chi connectivity index (χ4v) is 2.96. The van der Waals surface area contributed by atoms with Crippen LogP contribution in [-0.2, 0) is 6.54 Å². The van der Waals surface area contributed by atoms with Gasteiger partial charge >= 0.3 is 5.69 Å². The zero-order chi connectivity index (χ0) is 14.7. The molecule has 1 heterocycles. The van der Waals surface area contributed by atoms with Crippen LogP contribution in [0.4, 0.5) is 11.5 Å². The summed E-state index contributed by atoms with van der Waals surface area (Å²) in [5, 5.41) is 3.24. The zero-order valence-electron chi connectivity index (χ0n) is 12.2. The van der Waals surface area contributed by atoms with E-state index < -0.39 is 11.2 Å². The van der Waals surface area contributed by atoms with Crippen LogP contribution in [0, 0.1) is 5.92 Å². The van der Waals surface area contributed by atoms with E-state index >= 15 is 0 Å². The summed E-state index contributed by atoms with van der Waals surface area (Å²) >= 11 is 0. The standard InChI is InChI=1S/C14H24N4O2/c1-3-9-5-7-10(8-6-9)16-11-12(15)18(4-2)14(20)17-13(11)19/h9-10,16H,3-8,15H2,1-2H3,(H,17,19,20). The van der Waals surface area contributed by atoms with Crippen molar-refractivity contribution < 1.29 is 0 Å². The molecule has 1 saturated carbocycles. The van der Waals surface area contributed by atoms with Crippen molar-refractivity contribution in [3.63, 3.8) is 0 Å². The highest BCUT2D eigenvalue weighted by Gasteiger charge is 2.22. The summed E-state index contributed by atoms with van der Waals surface area (Å²) in [5.74, 6) is 1.03. The smallest absolute Gasteiger partial charge is 0.330 e. The Bertz CT molecular complexity index is 568. The molecule has 0 saturated heterocycles. The molecule has 0 aliphatic heterocycles. The second kappa shape index (κ2) is 6.15. The highest BCUT2D eigenvalue weighted by Crippen LogP contribution is 2.28. The average Bonchev–Trinajstić information content (AvgIpc) is 2.44. The molecule has 6 heteroatoms. The summed E-state index contributed by atoms with van der Waals surface area (Å²) in [6.07, 6.45) is 5.67. The number of nitrogens with two attached hydrogens (primary N) is 1. The maximum atomic E-state index is 11.9. The van der Waals surface area contributed by atoms with Gasteiger partial charge in [-0.15, -0.1) is 0 Å². The van der Waals surface area contributed by atoms with Gasteiger partial charge in [-0.25, -0.2) is 4.79 Å². The number of rotatable bonds is 4. The maximum absolute atomic E-state index is 11.9. The van der Waals surface area contributed by atoms with E-state index in [4.69, 9.17) is 5.73 Å². The Balaban J connectivity index is 2.18. The number of hydrogen-bond donors (Lipinski definition) is 3. The van der Waals surface area contributed by atoms with E-state index in [9.17, 15) is 9.59 Å². The van der Waals surface area contributed by atoms with Crippen molar-refractivity contribution in [3.05, 3.63) is 20.8 Å². The molecule has 1 aliphatic rings. The van der Waals surface area contributed by atoms with E-state index in [1.54, 1.807) is 0 Å². The number of H-pyrrole nitrogens is 1. The lowest BCUT2D eigenvalue weighted by atomic mass is 9.84. The van der Waals surface area contributed by atoms with E-state index in [1.807, 2.05) is 6.92 Å². The Hall–Kier alpha value is -1.72. The first-order valence-corrected chi connectivity index (χ1v) is 7.45. The summed E-state index contributed by atoms with van der Waals surface area (Å²) < 4.78 is 1.38. The summed E-state index contributed by atoms with van der Waals surface area (Å²) in [6, 6.07) is 0.268. The third kappa shape index (κ3) is 2.89. The van der Waals surface area contributed by atoms with Gasteiger partial charge < -0.3 is 11.1 Å². The second-order valence-corrected chi connectivity index (χ2v) is 5.53. The van der Waals surface area contributed by atoms with Crippen LogP contribution in [-0.4, -0.2) is 15.6 Å². The second-order valence-electron chi connectivity index (χ2n) is 5.53. The van der Waals surface area contributed by atoms with E-state index in [1.165, 1.54) is 23.8 Å². The summed E-state index contributed by atoms with van der Waals surface area (Å²) in [6.45, 7) is 4.49. The molecule has 0 aromatic carbocycles. The highest BCUT2D eigenvalue weighted by molar-refractivity contribution is 5.60. The van der Waals surface area contributed by atoms with Gasteiger partial charge in [0.05, 0.1) is 0 Å². The van der Waals surface area contributed by atoms with Crippen molar-refractivity contribution in [2.75, 3.05) is 11.1 Å². The topological polar surface area (TPSA) is 92.9 Å². The molecular weight excluding hydrogens is 256 g/mol. The number of aromatic nitrogens is 2. The third-order valence-corrected chi connectivity index (χ3v) is 4.33. The number of hydrogen-bond acceptors (Lipinski definition) is 4. The van der Waals surface area contributed by atoms with Crippen LogP contribution >= 0.6 is 0 Å². The van der Waals surface area contributed by atoms with Gasteiger partial charge in [0.25, 0.3) is 5.56 Å². The van der Waals surface area contributed by atoms with E-state index in [0.29, 0.717) is 12.2 Å². The molecule has 1 aliphatic carbocycles. The third-order valence-electron chi connectivity index (χ3n) is 4.33. The first-order valence-electron chi connectivity index (χ1n) is 7.45. The predicted octanol–water partition coefficient (Wildman–Crippen LogP) is 1.52. The van der Waals surface area contributed by atoms with Gasteiger partial charge in [-0.05, 0) is 38.5 Å². The molecule has 6 nitrogen and oxygen atoms in total. The first-order chi connectivity index (χ1) is 9.56. The van der Waals surface area contributed by atoms with Crippen molar-refractivity contribution >= 4 is 11.5 Å². The molecule has 2 rings (SSSR count). The minimum absolute atomic E-state index is 0.235. The lowest BCUT2D eigenvalue weighted by Crippen LogP contribution is -2.36. The SMILES string of the molecule is CCC1CCC(Nc2c(N)n(CC)c(=O)[nH]c2=O)CC1. The fourth-order valence-electron chi connectivity index (χ4n) is 2.96. The quantitative estimate of drug-likeness (QED) is 0.779. The van der Waals surface area contributed by atoms with Gasteiger partial charge in [-0.1, -0.05) is 13.3 Å². The molecule has 1 fully saturated rings. The van der Waals surface area contributed by atoms with Gasteiger partial charge in [-0.3, -0.25) is 14.3 Å². The largest absolute Gasteiger partial charge is 0.383 e. The van der Waals surface area contributed by atoms with Crippen molar-refractivity contribution in [1.82, 2.24) is 9.55 Å². The lowest BCUT2D eigenvalue weighted by Gasteiger charge is -2.29. The summed E-state index contributed by atoms with van der Waals surface area (Å²) in [4.78, 5) is 25.8. The van der Waals surface area contributed by atoms with Gasteiger partial charge in [0.2, 0.25) is 0 Å². The van der Waals surface area contributed by atoms with Crippen LogP contribution in [0.3, 0.4) is 0 Å². The van der Waals surface area contributed by atoms with Crippen LogP contribution in [0.5, 0.6) is 0 Å². The zero-order valence-corrected chi connectivity index (χ0v) is 12.2. The Morgan fingerprint density at radius 2 is 1.90 bits per heavy atom. The van der Waals surface area contributed by atoms with Gasteiger partial charge in [-0.2, -0.15) is 0 Å². The Labute approximate surface area is 118 Å². The molecular formula is C14H24N4O2. The predicted molar refractivity (Wildman–Crippen MR) is 81.1 cm³/mol. The van der Waals surface area contributed by atoms with Crippen LogP contribution in [0.25, 0.3) is 0 Å². The maximum Gasteiger partial charge on any atom is 0.330 e. The van der Waals surface area contributed by atoms with E-state index in [2.05, 4.69) is 17.2 Å². The van der Waals surface area contributed by atoms with E-state index in [-0.39, 0.29) is 11.9 Å². The van der Waals surface area contributed by atoms with E-state index in [0.717, 1.165) is 18.8 Å². The van der Waals surface area contributed by atoms with Crippen LogP contribution in [0.15, 0.2) is 9.59 Å². The molecule has 0 radical (unpaired) electrons. The first kappa shape index (κ1) is 14.7. The minimum Gasteiger partial charge on any atom is -0.383 e. The Morgan fingerprint density at radius 3 is 2.45 bits per heavy atom. The number of nitrogen functional groups attached to an aromatic ring is 1. The molecule has 0 spiro atoms. The van der Waals surface area contributed by atoms with Crippen molar-refractivity contribution in [3.8, 4) is 0 Å². The molecule has 112 valence electrons. The van der Waals surface area contributed by atoms with Gasteiger partial charge in [0, 0.05) is 12.6 Å². The number of nitrogens with zero attached hydrogens (tertiary/aromatic N) is 1. The molecule has 1 aromatic heterocycles. The molecule has 0 atom stereocenters. The van der Waals surface area contributed by atoms with Crippen molar-refractivity contribution in [1.29, 1.82) is 0 Å². The molecule has 0 amide bonds. The molecule has 0 unspecified atom stereocenters. The highest BCUT2D eigenvalue weighted by atomic mass is 16.2. The lowest BCUT2D eigenvalue weighted by molar-refractivity contribution is 0.330.